The van der Waals surface area contributed by atoms with Crippen LogP contribution in [0.1, 0.15) is 11.1 Å². The number of fused-ring (bicyclic) bond motifs is 1. The molecule has 0 aromatic heterocycles. The molecule has 7 heteroatoms. The highest BCUT2D eigenvalue weighted by molar-refractivity contribution is 9.10. The molecule has 0 amide bonds. The molecule has 0 saturated carbocycles. The lowest BCUT2D eigenvalue weighted by atomic mass is 10.0. The number of halogens is 5. The molecule has 104 valence electrons. The van der Waals surface area contributed by atoms with E-state index >= 15 is 0 Å². The molecule has 1 aliphatic heterocycles. The molecule has 0 bridgehead atoms. The largest absolute Gasteiger partial charge is 0.493 e. The minimum absolute atomic E-state index is 0.201. The van der Waals surface area contributed by atoms with Crippen molar-refractivity contribution in [2.75, 3.05) is 6.61 Å². The summed E-state index contributed by atoms with van der Waals surface area (Å²) in [6, 6.07) is 3.19. The fourth-order valence-electron chi connectivity index (χ4n) is 1.89. The van der Waals surface area contributed by atoms with Gasteiger partial charge in [0, 0.05) is 22.9 Å². The third-order valence-corrected chi connectivity index (χ3v) is 3.28. The van der Waals surface area contributed by atoms with Gasteiger partial charge in [0.25, 0.3) is 0 Å². The summed E-state index contributed by atoms with van der Waals surface area (Å²) in [5, 5.41) is 0. The molecule has 19 heavy (non-hydrogen) atoms. The number of alkyl halides is 4. The van der Waals surface area contributed by atoms with E-state index in [2.05, 4.69) is 15.9 Å². The molecule has 1 aromatic rings. The maximum Gasteiger partial charge on any atom is 0.364 e. The summed E-state index contributed by atoms with van der Waals surface area (Å²) in [4.78, 5) is 11.3. The van der Waals surface area contributed by atoms with Crippen molar-refractivity contribution in [1.29, 1.82) is 0 Å². The van der Waals surface area contributed by atoms with Gasteiger partial charge in [-0.25, -0.2) is 8.78 Å². The van der Waals surface area contributed by atoms with Gasteiger partial charge in [0.2, 0.25) is 5.78 Å². The number of hydrogen-bond donors (Lipinski definition) is 0. The van der Waals surface area contributed by atoms with Crippen LogP contribution < -0.4 is 4.74 Å². The number of carbonyl (C=O) groups excluding carboxylic acids is 1. The lowest BCUT2D eigenvalue weighted by Crippen LogP contribution is -2.37. The number of carbonyl (C=O) groups is 1. The van der Waals surface area contributed by atoms with Gasteiger partial charge in [-0.15, -0.1) is 0 Å². The first kappa shape index (κ1) is 14.3. The Kier molecular flexibility index (Phi) is 3.85. The Morgan fingerprint density at radius 2 is 2.11 bits per heavy atom. The van der Waals surface area contributed by atoms with E-state index in [4.69, 9.17) is 4.74 Å². The first-order valence-corrected chi connectivity index (χ1v) is 6.25. The van der Waals surface area contributed by atoms with E-state index in [1.165, 1.54) is 6.07 Å². The van der Waals surface area contributed by atoms with Gasteiger partial charge in [-0.2, -0.15) is 8.78 Å². The second kappa shape index (κ2) is 5.11. The van der Waals surface area contributed by atoms with Crippen molar-refractivity contribution in [1.82, 2.24) is 0 Å². The number of benzene rings is 1. The zero-order valence-corrected chi connectivity index (χ0v) is 11.1. The Hall–Kier alpha value is -1.11. The summed E-state index contributed by atoms with van der Waals surface area (Å²) in [6.07, 6.45) is -4.18. The molecule has 0 unspecified atom stereocenters. The normalized spacial score (nSPS) is 14.4. The van der Waals surface area contributed by atoms with Gasteiger partial charge < -0.3 is 4.74 Å². The maximum atomic E-state index is 12.9. The zero-order valence-electron chi connectivity index (χ0n) is 9.56. The lowest BCUT2D eigenvalue weighted by molar-refractivity contribution is -0.166. The molecule has 1 aromatic carbocycles. The van der Waals surface area contributed by atoms with E-state index in [-0.39, 0.29) is 5.56 Å². The molecule has 0 radical (unpaired) electrons. The van der Waals surface area contributed by atoms with Crippen molar-refractivity contribution < 1.29 is 27.1 Å². The second-order valence-electron chi connectivity index (χ2n) is 4.18. The number of Topliss-reactive ketones (excluding diaryl/α,β-unsaturated/α-hetero) is 1. The van der Waals surface area contributed by atoms with Crippen LogP contribution in [-0.2, 0) is 17.6 Å². The Morgan fingerprint density at radius 1 is 1.42 bits per heavy atom. The Labute approximate surface area is 114 Å². The molecular formula is C12H9BrF4O2. The van der Waals surface area contributed by atoms with Crippen molar-refractivity contribution >= 4 is 21.7 Å². The van der Waals surface area contributed by atoms with Gasteiger partial charge in [-0.3, -0.25) is 4.79 Å². The number of hydrogen-bond acceptors (Lipinski definition) is 2. The number of ether oxygens (including phenoxy) is 1. The molecule has 1 aliphatic rings. The molecule has 0 fully saturated rings. The van der Waals surface area contributed by atoms with E-state index in [0.29, 0.717) is 23.2 Å². The van der Waals surface area contributed by atoms with Crippen molar-refractivity contribution in [3.05, 3.63) is 27.7 Å². The minimum atomic E-state index is -4.63. The van der Waals surface area contributed by atoms with Crippen LogP contribution in [0.3, 0.4) is 0 Å². The summed E-state index contributed by atoms with van der Waals surface area (Å²) < 4.78 is 55.9. The van der Waals surface area contributed by atoms with Crippen LogP contribution in [0.5, 0.6) is 5.75 Å². The molecular weight excluding hydrogens is 332 g/mol. The van der Waals surface area contributed by atoms with Crippen molar-refractivity contribution in [2.24, 2.45) is 0 Å². The summed E-state index contributed by atoms with van der Waals surface area (Å²) in [7, 11) is 0. The number of ketones is 1. The minimum Gasteiger partial charge on any atom is -0.493 e. The van der Waals surface area contributed by atoms with E-state index in [9.17, 15) is 22.4 Å². The Balaban J connectivity index is 2.28. The lowest BCUT2D eigenvalue weighted by Gasteiger charge is -2.15. The fraction of sp³-hybridized carbons (Fsp3) is 0.417. The molecule has 0 spiro atoms. The summed E-state index contributed by atoms with van der Waals surface area (Å²) in [5.41, 5.74) is 0.977. The first-order valence-electron chi connectivity index (χ1n) is 5.45. The van der Waals surface area contributed by atoms with Crippen LogP contribution in [0, 0.1) is 0 Å². The third kappa shape index (κ3) is 2.75. The Bertz CT molecular complexity index is 517. The standard InChI is InChI=1S/C12H9BrF4O2/c13-8-3-6-1-2-19-10(6)7(4-8)5-9(18)12(16,17)11(14)15/h3-4,11H,1-2,5H2. The van der Waals surface area contributed by atoms with Crippen molar-refractivity contribution in [2.45, 2.75) is 25.2 Å². The van der Waals surface area contributed by atoms with Gasteiger partial charge in [0.15, 0.2) is 0 Å². The molecule has 0 aliphatic carbocycles. The van der Waals surface area contributed by atoms with E-state index < -0.39 is 24.6 Å². The maximum absolute atomic E-state index is 12.9. The van der Waals surface area contributed by atoms with Crippen LogP contribution >= 0.6 is 15.9 Å². The first-order chi connectivity index (χ1) is 8.82. The van der Waals surface area contributed by atoms with Crippen LogP contribution in [0.2, 0.25) is 0 Å². The second-order valence-corrected chi connectivity index (χ2v) is 5.09. The topological polar surface area (TPSA) is 26.3 Å². The fourth-order valence-corrected chi connectivity index (χ4v) is 2.44. The highest BCUT2D eigenvalue weighted by Crippen LogP contribution is 2.35. The van der Waals surface area contributed by atoms with Crippen molar-refractivity contribution in [3.63, 3.8) is 0 Å². The monoisotopic (exact) mass is 340 g/mol. The molecule has 0 saturated heterocycles. The van der Waals surface area contributed by atoms with Crippen LogP contribution in [0.25, 0.3) is 0 Å². The van der Waals surface area contributed by atoms with Gasteiger partial charge in [0.05, 0.1) is 6.61 Å². The van der Waals surface area contributed by atoms with Gasteiger partial charge in [0.1, 0.15) is 5.75 Å². The highest BCUT2D eigenvalue weighted by atomic mass is 79.9. The average Bonchev–Trinajstić information content (AvgIpc) is 2.76. The van der Waals surface area contributed by atoms with Gasteiger partial charge in [-0.05, 0) is 17.7 Å². The predicted octanol–water partition coefficient (Wildman–Crippen LogP) is 3.40. The third-order valence-electron chi connectivity index (χ3n) is 2.82. The average molecular weight is 341 g/mol. The van der Waals surface area contributed by atoms with E-state index in [1.54, 1.807) is 6.07 Å². The van der Waals surface area contributed by atoms with Gasteiger partial charge >= 0.3 is 12.3 Å². The van der Waals surface area contributed by atoms with Crippen LogP contribution in [0.15, 0.2) is 16.6 Å². The summed E-state index contributed by atoms with van der Waals surface area (Å²) in [6.45, 7) is 0.387. The van der Waals surface area contributed by atoms with Crippen LogP contribution in [0.4, 0.5) is 17.6 Å². The molecule has 0 N–H and O–H groups in total. The van der Waals surface area contributed by atoms with Crippen molar-refractivity contribution in [3.8, 4) is 5.75 Å². The van der Waals surface area contributed by atoms with E-state index in [0.717, 1.165) is 5.56 Å². The molecule has 2 rings (SSSR count). The predicted molar refractivity (Wildman–Crippen MR) is 63.0 cm³/mol. The zero-order chi connectivity index (χ0) is 14.2. The molecule has 0 atom stereocenters. The summed E-state index contributed by atoms with van der Waals surface area (Å²) >= 11 is 3.18. The van der Waals surface area contributed by atoms with E-state index in [1.807, 2.05) is 0 Å². The van der Waals surface area contributed by atoms with Crippen LogP contribution in [-0.4, -0.2) is 24.7 Å². The SMILES string of the molecule is O=C(Cc1cc(Br)cc2c1OCC2)C(F)(F)C(F)F. The quantitative estimate of drug-likeness (QED) is 0.785. The molecule has 2 nitrogen and oxygen atoms in total. The smallest absolute Gasteiger partial charge is 0.364 e. The molecule has 1 heterocycles. The Morgan fingerprint density at radius 3 is 2.74 bits per heavy atom. The highest BCUT2D eigenvalue weighted by Gasteiger charge is 2.48. The number of rotatable bonds is 4. The van der Waals surface area contributed by atoms with Gasteiger partial charge in [-0.1, -0.05) is 15.9 Å². The summed E-state index contributed by atoms with van der Waals surface area (Å²) in [5.74, 6) is -6.09.